The zero-order valence-corrected chi connectivity index (χ0v) is 26.9. The first-order valence-corrected chi connectivity index (χ1v) is 17.0. The smallest absolute Gasteiger partial charge is 0.303 e. The fourth-order valence-corrected chi connectivity index (χ4v) is 8.22. The molecule has 0 saturated heterocycles. The van der Waals surface area contributed by atoms with Gasteiger partial charge in [0.1, 0.15) is 9.85 Å². The van der Waals surface area contributed by atoms with Crippen LogP contribution >= 0.6 is 46.3 Å². The highest BCUT2D eigenvalue weighted by molar-refractivity contribution is 7.99. The van der Waals surface area contributed by atoms with Gasteiger partial charge in [0.25, 0.3) is 0 Å². The third kappa shape index (κ3) is 7.23. The van der Waals surface area contributed by atoms with Crippen LogP contribution in [0, 0.1) is 5.41 Å². The maximum absolute atomic E-state index is 11.3. The summed E-state index contributed by atoms with van der Waals surface area (Å²) >= 11 is 15.8. The van der Waals surface area contributed by atoms with Gasteiger partial charge in [-0.3, -0.25) is 4.79 Å². The van der Waals surface area contributed by atoms with Crippen LogP contribution in [-0.4, -0.2) is 32.7 Å². The average molecular weight is 641 g/mol. The van der Waals surface area contributed by atoms with Crippen molar-refractivity contribution < 1.29 is 15.0 Å². The van der Waals surface area contributed by atoms with Crippen molar-refractivity contribution in [3.05, 3.63) is 98.0 Å². The first kappa shape index (κ1) is 31.1. The summed E-state index contributed by atoms with van der Waals surface area (Å²) in [6, 6.07) is 20.7. The van der Waals surface area contributed by atoms with Crippen molar-refractivity contribution in [2.75, 3.05) is 11.5 Å². The Morgan fingerprint density at radius 1 is 1.14 bits per heavy atom. The molecule has 1 fully saturated rings. The third-order valence-electron chi connectivity index (χ3n) is 8.27. The molecule has 0 spiro atoms. The van der Waals surface area contributed by atoms with Crippen LogP contribution in [-0.2, 0) is 10.4 Å². The number of rotatable bonds is 13. The molecule has 1 aliphatic carbocycles. The molecule has 2 atom stereocenters. The number of thioether (sulfide) groups is 1. The van der Waals surface area contributed by atoms with Crippen molar-refractivity contribution in [3.8, 4) is 0 Å². The minimum absolute atomic E-state index is 0.0316. The third-order valence-corrected chi connectivity index (χ3v) is 11.5. The van der Waals surface area contributed by atoms with E-state index in [0.29, 0.717) is 15.8 Å². The Balaban J connectivity index is 1.41. The molecule has 4 nitrogen and oxygen atoms in total. The highest BCUT2D eigenvalue weighted by atomic mass is 35.5. The van der Waals surface area contributed by atoms with E-state index in [4.69, 9.17) is 28.2 Å². The van der Waals surface area contributed by atoms with Crippen LogP contribution in [0.5, 0.6) is 0 Å². The van der Waals surface area contributed by atoms with Gasteiger partial charge in [-0.2, -0.15) is 11.8 Å². The number of hydrogen-bond acceptors (Lipinski definition) is 5. The van der Waals surface area contributed by atoms with Crippen LogP contribution in [0.25, 0.3) is 22.4 Å². The second-order valence-electron chi connectivity index (χ2n) is 11.5. The summed E-state index contributed by atoms with van der Waals surface area (Å²) in [7, 11) is 0. The lowest BCUT2D eigenvalue weighted by atomic mass is 9.80. The topological polar surface area (TPSA) is 70.4 Å². The van der Waals surface area contributed by atoms with Gasteiger partial charge in [0.05, 0.1) is 27.4 Å². The number of nitrogens with zero attached hydrogens (tertiary/aromatic N) is 1. The van der Waals surface area contributed by atoms with Crippen molar-refractivity contribution in [2.24, 2.45) is 5.41 Å². The van der Waals surface area contributed by atoms with E-state index in [1.54, 1.807) is 0 Å². The van der Waals surface area contributed by atoms with Crippen LogP contribution in [0.1, 0.15) is 79.8 Å². The SMILES string of the molecule is CCC(C)(O)c1ccccc1[C@H](CCSCC1(CC(=O)O)CC1)c1cccc(C=Cc2ccc3sc(Cl)c(Cl)c3n2)c1. The second-order valence-corrected chi connectivity index (χ2v) is 14.6. The lowest BCUT2D eigenvalue weighted by Crippen LogP contribution is -2.23. The molecule has 2 aromatic heterocycles. The first-order valence-electron chi connectivity index (χ1n) is 14.2. The summed E-state index contributed by atoms with van der Waals surface area (Å²) in [5.74, 6) is 1.16. The maximum atomic E-state index is 11.3. The summed E-state index contributed by atoms with van der Waals surface area (Å²) in [5, 5.41) is 21.1. The molecule has 2 heterocycles. The normalized spacial score (nSPS) is 16.5. The quantitative estimate of drug-likeness (QED) is 0.142. The molecule has 0 radical (unpaired) electrons. The molecule has 1 saturated carbocycles. The monoisotopic (exact) mass is 639 g/mol. The van der Waals surface area contributed by atoms with Gasteiger partial charge in [0.15, 0.2) is 0 Å². The number of hydrogen-bond donors (Lipinski definition) is 2. The standard InChI is InChI=1S/C34H35Cl2NO3S2/c1-3-33(2,40)27-10-5-4-9-26(27)25(15-18-41-21-34(16-17-34)20-29(38)39)23-8-6-7-22(19-23)11-12-24-13-14-28-31(37-24)30(35)32(36)42-28/h4-14,19,25,40H,3,15-18,20-21H2,1-2H3,(H,38,39)/t25-,33?/m1/s1. The molecule has 0 bridgehead atoms. The predicted molar refractivity (Wildman–Crippen MR) is 179 cm³/mol. The number of carbonyl (C=O) groups is 1. The van der Waals surface area contributed by atoms with E-state index >= 15 is 0 Å². The van der Waals surface area contributed by atoms with E-state index in [9.17, 15) is 15.0 Å². The van der Waals surface area contributed by atoms with E-state index in [0.717, 1.165) is 63.4 Å². The summed E-state index contributed by atoms with van der Waals surface area (Å²) in [4.78, 5) is 16.0. The Morgan fingerprint density at radius 3 is 2.67 bits per heavy atom. The van der Waals surface area contributed by atoms with Gasteiger partial charge in [-0.1, -0.05) is 84.7 Å². The fourth-order valence-electron chi connectivity index (χ4n) is 5.43. The fraction of sp³-hybridized carbons (Fsp3) is 0.353. The molecular weight excluding hydrogens is 605 g/mol. The molecule has 0 amide bonds. The largest absolute Gasteiger partial charge is 0.481 e. The number of benzene rings is 2. The molecule has 4 aromatic rings. The Labute approximate surface area is 265 Å². The van der Waals surface area contributed by atoms with Gasteiger partial charge in [-0.05, 0) is 90.0 Å². The van der Waals surface area contributed by atoms with Gasteiger partial charge in [-0.15, -0.1) is 11.3 Å². The minimum atomic E-state index is -0.935. The van der Waals surface area contributed by atoms with E-state index in [1.165, 1.54) is 16.9 Å². The van der Waals surface area contributed by atoms with Crippen molar-refractivity contribution in [2.45, 2.75) is 57.5 Å². The highest BCUT2D eigenvalue weighted by Crippen LogP contribution is 2.51. The second kappa shape index (κ2) is 13.1. The van der Waals surface area contributed by atoms with Crippen LogP contribution in [0.2, 0.25) is 9.36 Å². The number of halogens is 2. The summed E-state index contributed by atoms with van der Waals surface area (Å²) in [5.41, 5.74) is 4.88. The van der Waals surface area contributed by atoms with E-state index < -0.39 is 11.6 Å². The van der Waals surface area contributed by atoms with E-state index in [1.807, 2.05) is 62.0 Å². The maximum Gasteiger partial charge on any atom is 0.303 e. The highest BCUT2D eigenvalue weighted by Gasteiger charge is 2.44. The number of aromatic nitrogens is 1. The molecule has 2 N–H and O–H groups in total. The van der Waals surface area contributed by atoms with Gasteiger partial charge in [0, 0.05) is 5.92 Å². The molecule has 8 heteroatoms. The van der Waals surface area contributed by atoms with E-state index in [-0.39, 0.29) is 17.8 Å². The molecule has 1 aliphatic rings. The Hall–Kier alpha value is -2.35. The number of aliphatic hydroxyl groups is 1. The zero-order valence-electron chi connectivity index (χ0n) is 23.8. The summed E-state index contributed by atoms with van der Waals surface area (Å²) in [6.07, 6.45) is 7.80. The number of carboxylic acids is 1. The van der Waals surface area contributed by atoms with Crippen molar-refractivity contribution in [1.29, 1.82) is 0 Å². The summed E-state index contributed by atoms with van der Waals surface area (Å²) in [6.45, 7) is 3.89. The molecule has 5 rings (SSSR count). The Morgan fingerprint density at radius 2 is 1.93 bits per heavy atom. The Kier molecular flexibility index (Phi) is 9.70. The molecule has 0 aliphatic heterocycles. The van der Waals surface area contributed by atoms with Gasteiger partial charge < -0.3 is 10.2 Å². The molecule has 42 heavy (non-hydrogen) atoms. The molecule has 220 valence electrons. The number of pyridine rings is 1. The van der Waals surface area contributed by atoms with Crippen LogP contribution in [0.15, 0.2) is 60.7 Å². The van der Waals surface area contributed by atoms with Gasteiger partial charge in [-0.25, -0.2) is 4.98 Å². The minimum Gasteiger partial charge on any atom is -0.481 e. The van der Waals surface area contributed by atoms with Crippen LogP contribution in [0.3, 0.4) is 0 Å². The molecule has 2 aromatic carbocycles. The number of aliphatic carboxylic acids is 1. The predicted octanol–water partition coefficient (Wildman–Crippen LogP) is 9.90. The number of fused-ring (bicyclic) bond motifs is 1. The Bertz CT molecular complexity index is 1610. The number of carboxylic acid groups (broad SMARTS) is 1. The van der Waals surface area contributed by atoms with Crippen molar-refractivity contribution in [3.63, 3.8) is 0 Å². The lowest BCUT2D eigenvalue weighted by molar-refractivity contribution is -0.138. The van der Waals surface area contributed by atoms with Gasteiger partial charge >= 0.3 is 5.97 Å². The zero-order chi connectivity index (χ0) is 29.9. The van der Waals surface area contributed by atoms with Gasteiger partial charge in [0.2, 0.25) is 0 Å². The average Bonchev–Trinajstić information content (AvgIpc) is 3.68. The van der Waals surface area contributed by atoms with Crippen molar-refractivity contribution >= 4 is 74.6 Å². The summed E-state index contributed by atoms with van der Waals surface area (Å²) < 4.78 is 1.51. The first-order chi connectivity index (χ1) is 20.1. The number of thiophene rings is 1. The molecule has 1 unspecified atom stereocenters. The van der Waals surface area contributed by atoms with Crippen LogP contribution < -0.4 is 0 Å². The van der Waals surface area contributed by atoms with Crippen LogP contribution in [0.4, 0.5) is 0 Å². The van der Waals surface area contributed by atoms with E-state index in [2.05, 4.69) is 36.4 Å². The molecular formula is C34H35Cl2NO3S2. The van der Waals surface area contributed by atoms with Crippen molar-refractivity contribution in [1.82, 2.24) is 4.98 Å². The lowest BCUT2D eigenvalue weighted by Gasteiger charge is -2.29.